The van der Waals surface area contributed by atoms with Crippen molar-refractivity contribution >= 4 is 12.0 Å². The zero-order valence-electron chi connectivity index (χ0n) is 16.5. The van der Waals surface area contributed by atoms with Gasteiger partial charge in [-0.15, -0.1) is 0 Å². The third-order valence-electron chi connectivity index (χ3n) is 6.44. The second-order valence-corrected chi connectivity index (χ2v) is 8.30. The summed E-state index contributed by atoms with van der Waals surface area (Å²) in [5, 5.41) is 3.10. The van der Waals surface area contributed by atoms with Crippen LogP contribution < -0.4 is 5.32 Å². The first-order chi connectivity index (χ1) is 13.3. The van der Waals surface area contributed by atoms with E-state index in [2.05, 4.69) is 33.3 Å². The Labute approximate surface area is 163 Å². The van der Waals surface area contributed by atoms with Gasteiger partial charge in [0, 0.05) is 18.2 Å². The Morgan fingerprint density at radius 2 is 1.89 bits per heavy atom. The number of rotatable bonds is 6. The summed E-state index contributed by atoms with van der Waals surface area (Å²) >= 11 is 0. The van der Waals surface area contributed by atoms with E-state index in [1.165, 1.54) is 69.4 Å². The van der Waals surface area contributed by atoms with E-state index in [0.717, 1.165) is 37.5 Å². The molecule has 2 aliphatic heterocycles. The molecule has 0 unspecified atom stereocenters. The molecular formula is C23H33N3O. The number of hydrogen-bond acceptors (Lipinski definition) is 3. The van der Waals surface area contributed by atoms with Crippen LogP contribution in [0.4, 0.5) is 0 Å². The Balaban J connectivity index is 1.13. The van der Waals surface area contributed by atoms with Crippen LogP contribution in [-0.2, 0) is 6.42 Å². The summed E-state index contributed by atoms with van der Waals surface area (Å²) < 4.78 is 0. The topological polar surface area (TPSA) is 35.6 Å². The van der Waals surface area contributed by atoms with Crippen LogP contribution in [0.5, 0.6) is 0 Å². The molecule has 146 valence electrons. The first-order valence-electron chi connectivity index (χ1n) is 10.8. The van der Waals surface area contributed by atoms with Gasteiger partial charge in [0.15, 0.2) is 0 Å². The average molecular weight is 368 g/mol. The highest BCUT2D eigenvalue weighted by Crippen LogP contribution is 2.21. The Morgan fingerprint density at radius 3 is 2.70 bits per heavy atom. The van der Waals surface area contributed by atoms with Crippen LogP contribution in [0.15, 0.2) is 24.3 Å². The van der Waals surface area contributed by atoms with Crippen molar-refractivity contribution in [2.24, 2.45) is 0 Å². The van der Waals surface area contributed by atoms with E-state index in [9.17, 15) is 4.79 Å². The molecule has 4 heteroatoms. The SMILES string of the molecule is O=C(NCCCN1CCC(N2CCCCC2)CC1)c1ccc2c(c1)CC=C2. The van der Waals surface area contributed by atoms with Gasteiger partial charge in [-0.3, -0.25) is 4.79 Å². The van der Waals surface area contributed by atoms with Gasteiger partial charge in [-0.05, 0) is 94.5 Å². The van der Waals surface area contributed by atoms with Gasteiger partial charge in [-0.1, -0.05) is 24.6 Å². The lowest BCUT2D eigenvalue weighted by Crippen LogP contribution is -2.47. The van der Waals surface area contributed by atoms with Crippen molar-refractivity contribution in [2.45, 2.75) is 51.0 Å². The molecule has 2 fully saturated rings. The monoisotopic (exact) mass is 367 g/mol. The van der Waals surface area contributed by atoms with Gasteiger partial charge < -0.3 is 15.1 Å². The number of likely N-dealkylation sites (tertiary alicyclic amines) is 2. The van der Waals surface area contributed by atoms with Crippen molar-refractivity contribution in [3.8, 4) is 0 Å². The lowest BCUT2D eigenvalue weighted by Gasteiger charge is -2.40. The molecule has 1 aromatic carbocycles. The van der Waals surface area contributed by atoms with Crippen LogP contribution in [0.25, 0.3) is 6.08 Å². The molecule has 1 amide bonds. The second-order valence-electron chi connectivity index (χ2n) is 8.30. The van der Waals surface area contributed by atoms with Crippen LogP contribution in [0.2, 0.25) is 0 Å². The molecule has 0 spiro atoms. The number of amides is 1. The summed E-state index contributed by atoms with van der Waals surface area (Å²) in [5.41, 5.74) is 3.30. The minimum Gasteiger partial charge on any atom is -0.352 e. The number of benzene rings is 1. The molecule has 0 radical (unpaired) electrons. The van der Waals surface area contributed by atoms with Crippen LogP contribution in [0.1, 0.15) is 60.0 Å². The molecule has 0 bridgehead atoms. The van der Waals surface area contributed by atoms with E-state index in [1.54, 1.807) is 0 Å². The standard InChI is InChI=1S/C23H33N3O/c27-23(21-9-8-19-6-4-7-20(19)18-21)24-12-5-13-25-16-10-22(11-17-25)26-14-2-1-3-15-26/h4,6,8-9,18,22H,1-3,5,7,10-17H2,(H,24,27). The molecule has 3 aliphatic rings. The molecule has 1 aromatic rings. The summed E-state index contributed by atoms with van der Waals surface area (Å²) in [6.45, 7) is 6.92. The van der Waals surface area contributed by atoms with E-state index in [4.69, 9.17) is 0 Å². The molecule has 0 atom stereocenters. The number of nitrogens with zero attached hydrogens (tertiary/aromatic N) is 2. The molecule has 1 aliphatic carbocycles. The van der Waals surface area contributed by atoms with Gasteiger partial charge in [0.2, 0.25) is 0 Å². The maximum absolute atomic E-state index is 12.4. The number of fused-ring (bicyclic) bond motifs is 1. The summed E-state index contributed by atoms with van der Waals surface area (Å²) in [5.74, 6) is 0.0634. The molecule has 2 heterocycles. The van der Waals surface area contributed by atoms with Crippen molar-refractivity contribution in [3.63, 3.8) is 0 Å². The van der Waals surface area contributed by atoms with Crippen LogP contribution in [-0.4, -0.2) is 61.0 Å². The summed E-state index contributed by atoms with van der Waals surface area (Å²) in [6.07, 6.45) is 13.1. The van der Waals surface area contributed by atoms with E-state index >= 15 is 0 Å². The summed E-state index contributed by atoms with van der Waals surface area (Å²) in [7, 11) is 0. The molecule has 1 N–H and O–H groups in total. The molecule has 2 saturated heterocycles. The van der Waals surface area contributed by atoms with Gasteiger partial charge in [0.25, 0.3) is 5.91 Å². The minimum absolute atomic E-state index is 0.0634. The summed E-state index contributed by atoms with van der Waals surface area (Å²) in [4.78, 5) is 17.7. The summed E-state index contributed by atoms with van der Waals surface area (Å²) in [6, 6.07) is 6.85. The Bertz CT molecular complexity index is 670. The van der Waals surface area contributed by atoms with E-state index in [-0.39, 0.29) is 5.91 Å². The molecule has 4 rings (SSSR count). The average Bonchev–Trinajstić information content (AvgIpc) is 3.20. The lowest BCUT2D eigenvalue weighted by molar-refractivity contribution is 0.0903. The van der Waals surface area contributed by atoms with Crippen molar-refractivity contribution in [1.82, 2.24) is 15.1 Å². The fraction of sp³-hybridized carbons (Fsp3) is 0.609. The lowest BCUT2D eigenvalue weighted by atomic mass is 10.00. The zero-order chi connectivity index (χ0) is 18.5. The van der Waals surface area contributed by atoms with Crippen molar-refractivity contribution in [2.75, 3.05) is 39.3 Å². The molecule has 27 heavy (non-hydrogen) atoms. The Morgan fingerprint density at radius 1 is 1.07 bits per heavy atom. The first kappa shape index (κ1) is 18.7. The fourth-order valence-electron chi connectivity index (χ4n) is 4.80. The minimum atomic E-state index is 0.0634. The second kappa shape index (κ2) is 9.03. The number of piperidine rings is 2. The highest BCUT2D eigenvalue weighted by atomic mass is 16.1. The number of hydrogen-bond donors (Lipinski definition) is 1. The van der Waals surface area contributed by atoms with E-state index < -0.39 is 0 Å². The molecular weight excluding hydrogens is 334 g/mol. The molecule has 4 nitrogen and oxygen atoms in total. The van der Waals surface area contributed by atoms with Gasteiger partial charge in [-0.2, -0.15) is 0 Å². The maximum atomic E-state index is 12.4. The van der Waals surface area contributed by atoms with Crippen LogP contribution in [0, 0.1) is 0 Å². The normalized spacial score (nSPS) is 21.3. The number of allylic oxidation sites excluding steroid dienone is 1. The number of carbonyl (C=O) groups is 1. The van der Waals surface area contributed by atoms with E-state index in [1.807, 2.05) is 12.1 Å². The first-order valence-corrected chi connectivity index (χ1v) is 10.8. The molecule has 0 saturated carbocycles. The number of carbonyl (C=O) groups excluding carboxylic acids is 1. The van der Waals surface area contributed by atoms with Crippen molar-refractivity contribution in [1.29, 1.82) is 0 Å². The predicted molar refractivity (Wildman–Crippen MR) is 111 cm³/mol. The van der Waals surface area contributed by atoms with Gasteiger partial charge >= 0.3 is 0 Å². The zero-order valence-corrected chi connectivity index (χ0v) is 16.5. The maximum Gasteiger partial charge on any atom is 0.251 e. The van der Waals surface area contributed by atoms with Crippen LogP contribution in [0.3, 0.4) is 0 Å². The Hall–Kier alpha value is -1.65. The van der Waals surface area contributed by atoms with Gasteiger partial charge in [0.05, 0.1) is 0 Å². The smallest absolute Gasteiger partial charge is 0.251 e. The third-order valence-corrected chi connectivity index (χ3v) is 6.44. The van der Waals surface area contributed by atoms with Crippen molar-refractivity contribution in [3.05, 3.63) is 41.0 Å². The largest absolute Gasteiger partial charge is 0.352 e. The predicted octanol–water partition coefficient (Wildman–Crippen LogP) is 3.33. The molecule has 0 aromatic heterocycles. The van der Waals surface area contributed by atoms with Gasteiger partial charge in [0.1, 0.15) is 0 Å². The van der Waals surface area contributed by atoms with Gasteiger partial charge in [-0.25, -0.2) is 0 Å². The quantitative estimate of drug-likeness (QED) is 0.784. The Kier molecular flexibility index (Phi) is 6.25. The van der Waals surface area contributed by atoms with Crippen molar-refractivity contribution < 1.29 is 4.79 Å². The van der Waals surface area contributed by atoms with Crippen LogP contribution >= 0.6 is 0 Å². The van der Waals surface area contributed by atoms with E-state index in [0.29, 0.717) is 0 Å². The number of nitrogens with one attached hydrogen (secondary N) is 1. The highest BCUT2D eigenvalue weighted by Gasteiger charge is 2.25. The highest BCUT2D eigenvalue weighted by molar-refractivity contribution is 5.94. The third kappa shape index (κ3) is 4.80. The fourth-order valence-corrected chi connectivity index (χ4v) is 4.80.